The maximum absolute atomic E-state index is 12.1. The lowest BCUT2D eigenvalue weighted by Gasteiger charge is -2.09. The average molecular weight is 288 g/mol. The molecule has 0 unspecified atom stereocenters. The van der Waals surface area contributed by atoms with E-state index >= 15 is 0 Å². The minimum absolute atomic E-state index is 0.269. The van der Waals surface area contributed by atoms with Crippen molar-refractivity contribution in [1.82, 2.24) is 4.72 Å². The predicted molar refractivity (Wildman–Crippen MR) is 78.4 cm³/mol. The quantitative estimate of drug-likeness (QED) is 0.594. The maximum atomic E-state index is 12.1. The van der Waals surface area contributed by atoms with Crippen LogP contribution in [-0.4, -0.2) is 26.5 Å². The highest BCUT2D eigenvalue weighted by molar-refractivity contribution is 7.99. The summed E-state index contributed by atoms with van der Waals surface area (Å²) in [5, 5.41) is 0. The van der Waals surface area contributed by atoms with Crippen LogP contribution in [0, 0.1) is 6.92 Å². The molecule has 0 amide bonds. The molecule has 0 saturated heterocycles. The highest BCUT2D eigenvalue weighted by Crippen LogP contribution is 2.18. The summed E-state index contributed by atoms with van der Waals surface area (Å²) in [5.41, 5.74) is 6.79. The first-order valence-corrected chi connectivity index (χ1v) is 8.54. The first-order valence-electron chi connectivity index (χ1n) is 5.91. The zero-order valence-electron chi connectivity index (χ0n) is 10.8. The summed E-state index contributed by atoms with van der Waals surface area (Å²) < 4.78 is 26.7. The van der Waals surface area contributed by atoms with Gasteiger partial charge >= 0.3 is 0 Å². The Bertz CT molecular complexity index is 487. The summed E-state index contributed by atoms with van der Waals surface area (Å²) in [4.78, 5) is 0.269. The van der Waals surface area contributed by atoms with Gasteiger partial charge in [-0.05, 0) is 42.5 Å². The van der Waals surface area contributed by atoms with E-state index in [1.165, 1.54) is 6.07 Å². The van der Waals surface area contributed by atoms with Crippen molar-refractivity contribution in [3.63, 3.8) is 0 Å². The highest BCUT2D eigenvalue weighted by Gasteiger charge is 2.16. The first-order chi connectivity index (χ1) is 8.47. The lowest BCUT2D eigenvalue weighted by atomic mass is 10.2. The van der Waals surface area contributed by atoms with E-state index < -0.39 is 10.0 Å². The topological polar surface area (TPSA) is 72.2 Å². The van der Waals surface area contributed by atoms with Crippen LogP contribution in [0.15, 0.2) is 23.1 Å². The van der Waals surface area contributed by atoms with E-state index in [0.717, 1.165) is 17.9 Å². The second-order valence-electron chi connectivity index (χ2n) is 3.97. The first kappa shape index (κ1) is 15.3. The number of hydrogen-bond donors (Lipinski definition) is 2. The molecule has 1 aromatic rings. The van der Waals surface area contributed by atoms with Crippen LogP contribution in [0.5, 0.6) is 0 Å². The Morgan fingerprint density at radius 3 is 2.78 bits per heavy atom. The Morgan fingerprint density at radius 1 is 1.39 bits per heavy atom. The number of aryl methyl sites for hydroxylation is 1. The van der Waals surface area contributed by atoms with Crippen LogP contribution < -0.4 is 10.5 Å². The van der Waals surface area contributed by atoms with E-state index in [9.17, 15) is 8.42 Å². The van der Waals surface area contributed by atoms with Crippen LogP contribution in [0.25, 0.3) is 0 Å². The predicted octanol–water partition coefficient (Wildman–Crippen LogP) is 2.00. The molecule has 0 aromatic heterocycles. The Balaban J connectivity index is 2.66. The maximum Gasteiger partial charge on any atom is 0.240 e. The normalized spacial score (nSPS) is 11.7. The number of thioether (sulfide) groups is 1. The van der Waals surface area contributed by atoms with Crippen molar-refractivity contribution in [2.45, 2.75) is 25.2 Å². The van der Waals surface area contributed by atoms with Crippen molar-refractivity contribution in [1.29, 1.82) is 0 Å². The third kappa shape index (κ3) is 4.51. The van der Waals surface area contributed by atoms with Crippen molar-refractivity contribution in [2.24, 2.45) is 0 Å². The van der Waals surface area contributed by atoms with Gasteiger partial charge in [0, 0.05) is 12.2 Å². The van der Waals surface area contributed by atoms with E-state index in [2.05, 4.69) is 11.6 Å². The average Bonchev–Trinajstić information content (AvgIpc) is 2.32. The molecule has 0 aliphatic rings. The molecular formula is C12H20N2O2S2. The molecule has 0 atom stereocenters. The number of benzene rings is 1. The lowest BCUT2D eigenvalue weighted by Crippen LogP contribution is -2.26. The molecule has 1 aromatic carbocycles. The summed E-state index contributed by atoms with van der Waals surface area (Å²) in [6.07, 6.45) is 0.832. The smallest absolute Gasteiger partial charge is 0.240 e. The SMILES string of the molecule is CCSCCCNS(=O)(=O)c1cc(N)ccc1C. The second-order valence-corrected chi connectivity index (χ2v) is 7.10. The Labute approximate surface area is 113 Å². The van der Waals surface area contributed by atoms with E-state index in [-0.39, 0.29) is 4.90 Å². The number of hydrogen-bond acceptors (Lipinski definition) is 4. The van der Waals surface area contributed by atoms with Crippen molar-refractivity contribution in [3.05, 3.63) is 23.8 Å². The molecule has 3 N–H and O–H groups in total. The van der Waals surface area contributed by atoms with Gasteiger partial charge in [0.05, 0.1) is 4.90 Å². The zero-order chi connectivity index (χ0) is 13.6. The second kappa shape index (κ2) is 7.01. The van der Waals surface area contributed by atoms with Crippen molar-refractivity contribution in [3.8, 4) is 0 Å². The molecule has 4 nitrogen and oxygen atoms in total. The van der Waals surface area contributed by atoms with Crippen molar-refractivity contribution in [2.75, 3.05) is 23.8 Å². The van der Waals surface area contributed by atoms with Gasteiger partial charge in [-0.3, -0.25) is 0 Å². The molecule has 0 saturated carbocycles. The third-order valence-electron chi connectivity index (χ3n) is 2.46. The summed E-state index contributed by atoms with van der Waals surface area (Å²) in [6.45, 7) is 4.31. The largest absolute Gasteiger partial charge is 0.399 e. The molecule has 0 spiro atoms. The summed E-state index contributed by atoms with van der Waals surface area (Å²) in [6, 6.07) is 4.92. The van der Waals surface area contributed by atoms with Crippen molar-refractivity contribution < 1.29 is 8.42 Å². The molecule has 1 rings (SSSR count). The third-order valence-corrected chi connectivity index (χ3v) is 5.05. The highest BCUT2D eigenvalue weighted by atomic mass is 32.2. The number of anilines is 1. The van der Waals surface area contributed by atoms with Gasteiger partial charge < -0.3 is 5.73 Å². The fourth-order valence-corrected chi connectivity index (χ4v) is 3.50. The van der Waals surface area contributed by atoms with Gasteiger partial charge in [-0.25, -0.2) is 13.1 Å². The molecule has 0 fully saturated rings. The summed E-state index contributed by atoms with van der Waals surface area (Å²) in [5.74, 6) is 2.02. The molecule has 0 aliphatic carbocycles. The van der Waals surface area contributed by atoms with Gasteiger partial charge in [0.25, 0.3) is 0 Å². The van der Waals surface area contributed by atoms with Crippen LogP contribution in [0.3, 0.4) is 0 Å². The van der Waals surface area contributed by atoms with Crippen LogP contribution in [0.1, 0.15) is 18.9 Å². The van der Waals surface area contributed by atoms with Crippen LogP contribution in [-0.2, 0) is 10.0 Å². The number of rotatable bonds is 7. The summed E-state index contributed by atoms with van der Waals surface area (Å²) in [7, 11) is -3.44. The molecule has 18 heavy (non-hydrogen) atoms. The minimum atomic E-state index is -3.44. The molecule has 102 valence electrons. The number of nitrogens with one attached hydrogen (secondary N) is 1. The number of sulfonamides is 1. The van der Waals surface area contributed by atoms with E-state index in [4.69, 9.17) is 5.73 Å². The van der Waals surface area contributed by atoms with Gasteiger partial charge in [0.1, 0.15) is 0 Å². The molecule has 0 heterocycles. The molecule has 0 aliphatic heterocycles. The minimum Gasteiger partial charge on any atom is -0.399 e. The summed E-state index contributed by atoms with van der Waals surface area (Å²) >= 11 is 1.81. The van der Waals surface area contributed by atoms with E-state index in [1.807, 2.05) is 0 Å². The molecule has 0 radical (unpaired) electrons. The van der Waals surface area contributed by atoms with E-state index in [0.29, 0.717) is 17.8 Å². The standard InChI is InChI=1S/C12H20N2O2S2/c1-3-17-8-4-7-14-18(15,16)12-9-11(13)6-5-10(12)2/h5-6,9,14H,3-4,7-8,13H2,1-2H3. The van der Waals surface area contributed by atoms with Crippen LogP contribution in [0.2, 0.25) is 0 Å². The number of nitrogens with two attached hydrogens (primary N) is 1. The molecule has 6 heteroatoms. The van der Waals surface area contributed by atoms with Gasteiger partial charge in [0.2, 0.25) is 10.0 Å². The fraction of sp³-hybridized carbons (Fsp3) is 0.500. The van der Waals surface area contributed by atoms with Gasteiger partial charge in [0.15, 0.2) is 0 Å². The van der Waals surface area contributed by atoms with Gasteiger partial charge in [-0.15, -0.1) is 0 Å². The molecule has 0 bridgehead atoms. The van der Waals surface area contributed by atoms with Crippen molar-refractivity contribution >= 4 is 27.5 Å². The monoisotopic (exact) mass is 288 g/mol. The lowest BCUT2D eigenvalue weighted by molar-refractivity contribution is 0.580. The van der Waals surface area contributed by atoms with Crippen LogP contribution >= 0.6 is 11.8 Å². The van der Waals surface area contributed by atoms with Gasteiger partial charge in [-0.2, -0.15) is 11.8 Å². The Kier molecular flexibility index (Phi) is 5.98. The fourth-order valence-electron chi connectivity index (χ4n) is 1.51. The number of nitrogen functional groups attached to an aromatic ring is 1. The Morgan fingerprint density at radius 2 is 2.11 bits per heavy atom. The van der Waals surface area contributed by atoms with Gasteiger partial charge in [-0.1, -0.05) is 13.0 Å². The Hall–Kier alpha value is -0.720. The van der Waals surface area contributed by atoms with Crippen LogP contribution in [0.4, 0.5) is 5.69 Å². The zero-order valence-corrected chi connectivity index (χ0v) is 12.4. The molecular weight excluding hydrogens is 268 g/mol. The van der Waals surface area contributed by atoms with E-state index in [1.54, 1.807) is 30.8 Å².